The van der Waals surface area contributed by atoms with E-state index in [0.717, 1.165) is 6.26 Å². The van der Waals surface area contributed by atoms with Crippen LogP contribution in [0.2, 0.25) is 0 Å². The molecule has 0 rings (SSSR count). The van der Waals surface area contributed by atoms with Crippen molar-refractivity contribution in [1.82, 2.24) is 4.72 Å². The molecule has 0 aromatic carbocycles. The summed E-state index contributed by atoms with van der Waals surface area (Å²) in [7, 11) is -6.43. The van der Waals surface area contributed by atoms with Crippen molar-refractivity contribution in [2.75, 3.05) is 25.1 Å². The molecule has 92 valence electrons. The first-order chi connectivity index (χ1) is 6.69. The van der Waals surface area contributed by atoms with Crippen molar-refractivity contribution in [1.29, 1.82) is 0 Å². The topological polar surface area (TPSA) is 106 Å². The van der Waals surface area contributed by atoms with Gasteiger partial charge in [0.15, 0.2) is 0 Å². The molecule has 0 amide bonds. The van der Waals surface area contributed by atoms with Gasteiger partial charge in [0.05, 0.1) is 11.0 Å². The largest absolute Gasteiger partial charge is 0.329 e. The van der Waals surface area contributed by atoms with Crippen LogP contribution < -0.4 is 10.5 Å². The van der Waals surface area contributed by atoms with Crippen molar-refractivity contribution in [3.05, 3.63) is 0 Å². The van der Waals surface area contributed by atoms with E-state index in [2.05, 4.69) is 4.72 Å². The summed E-state index contributed by atoms with van der Waals surface area (Å²) >= 11 is 0. The molecule has 6 nitrogen and oxygen atoms in total. The molecule has 0 saturated heterocycles. The van der Waals surface area contributed by atoms with Gasteiger partial charge >= 0.3 is 0 Å². The lowest BCUT2D eigenvalue weighted by molar-refractivity contribution is 0.566. The summed E-state index contributed by atoms with van der Waals surface area (Å²) < 4.78 is 46.5. The first-order valence-corrected chi connectivity index (χ1v) is 8.16. The second-order valence-corrected chi connectivity index (χ2v) is 7.91. The summed E-state index contributed by atoms with van der Waals surface area (Å²) in [5.41, 5.74) is 5.22. The lowest BCUT2D eigenvalue weighted by Crippen LogP contribution is -2.37. The zero-order chi connectivity index (χ0) is 12.1. The highest BCUT2D eigenvalue weighted by Crippen LogP contribution is 1.96. The maximum absolute atomic E-state index is 11.3. The van der Waals surface area contributed by atoms with Crippen molar-refractivity contribution in [2.24, 2.45) is 5.73 Å². The molecule has 0 fully saturated rings. The fourth-order valence-electron chi connectivity index (χ4n) is 0.818. The Kier molecular flexibility index (Phi) is 5.71. The first-order valence-electron chi connectivity index (χ1n) is 4.55. The summed E-state index contributed by atoms with van der Waals surface area (Å²) in [5, 5.41) is -0.657. The van der Waals surface area contributed by atoms with Crippen molar-refractivity contribution >= 4 is 19.9 Å². The number of hydrogen-bond acceptors (Lipinski definition) is 5. The predicted molar refractivity (Wildman–Crippen MR) is 59.8 cm³/mol. The Balaban J connectivity index is 3.97. The van der Waals surface area contributed by atoms with Crippen molar-refractivity contribution < 1.29 is 16.8 Å². The minimum atomic E-state index is -3.40. The molecule has 0 aromatic rings. The smallest absolute Gasteiger partial charge is 0.215 e. The van der Waals surface area contributed by atoms with Gasteiger partial charge in [0.2, 0.25) is 10.0 Å². The monoisotopic (exact) mass is 258 g/mol. The molecule has 0 aliphatic rings. The SMILES string of the molecule is CC(CN)S(=O)(=O)NCCCS(C)(=O)=O. The molecule has 0 saturated carbocycles. The molecular formula is C7H18N2O4S2. The van der Waals surface area contributed by atoms with Crippen LogP contribution in [0.3, 0.4) is 0 Å². The van der Waals surface area contributed by atoms with Crippen LogP contribution in [0.1, 0.15) is 13.3 Å². The van der Waals surface area contributed by atoms with Crippen LogP contribution in [0.5, 0.6) is 0 Å². The third-order valence-electron chi connectivity index (χ3n) is 1.86. The molecule has 0 aliphatic carbocycles. The quantitative estimate of drug-likeness (QED) is 0.551. The van der Waals surface area contributed by atoms with Crippen LogP contribution in [-0.2, 0) is 19.9 Å². The lowest BCUT2D eigenvalue weighted by atomic mass is 10.5. The molecule has 0 heterocycles. The summed E-state index contributed by atoms with van der Waals surface area (Å²) in [4.78, 5) is 0. The van der Waals surface area contributed by atoms with E-state index < -0.39 is 25.1 Å². The van der Waals surface area contributed by atoms with Gasteiger partial charge in [-0.2, -0.15) is 0 Å². The Morgan fingerprint density at radius 1 is 1.27 bits per heavy atom. The maximum Gasteiger partial charge on any atom is 0.215 e. The minimum absolute atomic E-state index is 0.0213. The van der Waals surface area contributed by atoms with E-state index in [9.17, 15) is 16.8 Å². The van der Waals surface area contributed by atoms with Crippen LogP contribution in [-0.4, -0.2) is 47.2 Å². The van der Waals surface area contributed by atoms with Crippen LogP contribution >= 0.6 is 0 Å². The molecule has 0 spiro atoms. The van der Waals surface area contributed by atoms with E-state index in [4.69, 9.17) is 5.73 Å². The Labute approximate surface area is 91.2 Å². The molecule has 8 heteroatoms. The van der Waals surface area contributed by atoms with Crippen LogP contribution in [0, 0.1) is 0 Å². The third-order valence-corrected chi connectivity index (χ3v) is 4.75. The Bertz CT molecular complexity index is 374. The lowest BCUT2D eigenvalue weighted by Gasteiger charge is -2.11. The second kappa shape index (κ2) is 5.78. The molecule has 0 bridgehead atoms. The maximum atomic E-state index is 11.3. The molecule has 1 atom stereocenters. The standard InChI is InChI=1S/C7H18N2O4S2/c1-7(6-8)15(12,13)9-4-3-5-14(2,10)11/h7,9H,3-6,8H2,1-2H3. The van der Waals surface area contributed by atoms with Crippen LogP contribution in [0.4, 0.5) is 0 Å². The summed E-state index contributed by atoms with van der Waals surface area (Å²) in [5.74, 6) is -0.0213. The molecule has 0 aliphatic heterocycles. The number of rotatable bonds is 7. The first kappa shape index (κ1) is 14.8. The zero-order valence-corrected chi connectivity index (χ0v) is 10.6. The Morgan fingerprint density at radius 3 is 2.20 bits per heavy atom. The van der Waals surface area contributed by atoms with Gasteiger partial charge in [-0.25, -0.2) is 21.6 Å². The third kappa shape index (κ3) is 6.82. The number of sulfonamides is 1. The number of nitrogens with two attached hydrogens (primary N) is 1. The molecular weight excluding hydrogens is 240 g/mol. The molecule has 0 radical (unpaired) electrons. The summed E-state index contributed by atoms with van der Waals surface area (Å²) in [6, 6.07) is 0. The number of hydrogen-bond donors (Lipinski definition) is 2. The fraction of sp³-hybridized carbons (Fsp3) is 1.00. The van der Waals surface area contributed by atoms with Crippen LogP contribution in [0.25, 0.3) is 0 Å². The van der Waals surface area contributed by atoms with Gasteiger partial charge in [0.25, 0.3) is 0 Å². The Morgan fingerprint density at radius 2 is 1.80 bits per heavy atom. The molecule has 15 heavy (non-hydrogen) atoms. The van der Waals surface area contributed by atoms with Gasteiger partial charge in [-0.15, -0.1) is 0 Å². The van der Waals surface area contributed by atoms with E-state index in [1.54, 1.807) is 0 Å². The van der Waals surface area contributed by atoms with Gasteiger partial charge in [0, 0.05) is 19.3 Å². The zero-order valence-electron chi connectivity index (χ0n) is 8.93. The molecule has 0 aromatic heterocycles. The van der Waals surface area contributed by atoms with E-state index in [-0.39, 0.29) is 25.3 Å². The highest BCUT2D eigenvalue weighted by Gasteiger charge is 2.18. The molecule has 1 unspecified atom stereocenters. The van der Waals surface area contributed by atoms with Crippen molar-refractivity contribution in [2.45, 2.75) is 18.6 Å². The normalized spacial score (nSPS) is 15.1. The van der Waals surface area contributed by atoms with Crippen molar-refractivity contribution in [3.63, 3.8) is 0 Å². The highest BCUT2D eigenvalue weighted by atomic mass is 32.2. The van der Waals surface area contributed by atoms with E-state index in [1.807, 2.05) is 0 Å². The van der Waals surface area contributed by atoms with Crippen molar-refractivity contribution in [3.8, 4) is 0 Å². The fourth-order valence-corrected chi connectivity index (χ4v) is 2.45. The molecule has 3 N–H and O–H groups in total. The van der Waals surface area contributed by atoms with E-state index in [0.29, 0.717) is 0 Å². The predicted octanol–water partition coefficient (Wildman–Crippen LogP) is -1.31. The summed E-state index contributed by atoms with van der Waals surface area (Å²) in [6.45, 7) is 1.67. The average molecular weight is 258 g/mol. The average Bonchev–Trinajstić information content (AvgIpc) is 2.09. The number of sulfone groups is 1. The van der Waals surface area contributed by atoms with Gasteiger partial charge in [-0.05, 0) is 13.3 Å². The van der Waals surface area contributed by atoms with E-state index in [1.165, 1.54) is 6.92 Å². The number of nitrogens with one attached hydrogen (secondary N) is 1. The van der Waals surface area contributed by atoms with Gasteiger partial charge in [-0.3, -0.25) is 0 Å². The van der Waals surface area contributed by atoms with Crippen LogP contribution in [0.15, 0.2) is 0 Å². The van der Waals surface area contributed by atoms with Gasteiger partial charge in [0.1, 0.15) is 9.84 Å². The summed E-state index contributed by atoms with van der Waals surface area (Å²) in [6.07, 6.45) is 1.39. The van der Waals surface area contributed by atoms with E-state index >= 15 is 0 Å². The van der Waals surface area contributed by atoms with Gasteiger partial charge < -0.3 is 5.73 Å². The highest BCUT2D eigenvalue weighted by molar-refractivity contribution is 7.90. The minimum Gasteiger partial charge on any atom is -0.329 e. The Hall–Kier alpha value is -0.180. The van der Waals surface area contributed by atoms with Gasteiger partial charge in [-0.1, -0.05) is 0 Å². The second-order valence-electron chi connectivity index (χ2n) is 3.47.